The minimum atomic E-state index is 0.483. The fourth-order valence-corrected chi connectivity index (χ4v) is 3.73. The van der Waals surface area contributed by atoms with Gasteiger partial charge in [-0.3, -0.25) is 0 Å². The van der Waals surface area contributed by atoms with Crippen LogP contribution in [0.1, 0.15) is 43.2 Å². The summed E-state index contributed by atoms with van der Waals surface area (Å²) in [4.78, 5) is 8.58. The molecule has 2 heterocycles. The normalized spacial score (nSPS) is 17.1. The van der Waals surface area contributed by atoms with Crippen molar-refractivity contribution in [1.82, 2.24) is 10.3 Å². The molecule has 0 unspecified atom stereocenters. The van der Waals surface area contributed by atoms with E-state index in [1.54, 1.807) is 0 Å². The standard InChI is InChI=1S/C14H25N3OS/c1-10(2)13-12(9-15-3)19-14(16-13)17(4)11-5-7-18-8-6-11/h10-11,15H,5-9H2,1-4H3. The summed E-state index contributed by atoms with van der Waals surface area (Å²) in [5, 5.41) is 4.40. The molecule has 0 amide bonds. The lowest BCUT2D eigenvalue weighted by atomic mass is 10.1. The van der Waals surface area contributed by atoms with E-state index in [0.29, 0.717) is 12.0 Å². The van der Waals surface area contributed by atoms with Crippen LogP contribution in [0.4, 0.5) is 5.13 Å². The monoisotopic (exact) mass is 283 g/mol. The van der Waals surface area contributed by atoms with Crippen molar-refractivity contribution in [2.45, 2.75) is 45.2 Å². The molecule has 0 radical (unpaired) electrons. The van der Waals surface area contributed by atoms with Crippen LogP contribution in [0.5, 0.6) is 0 Å². The number of ether oxygens (including phenoxy) is 1. The lowest BCUT2D eigenvalue weighted by Gasteiger charge is -2.30. The number of hydrogen-bond acceptors (Lipinski definition) is 5. The predicted octanol–water partition coefficient (Wildman–Crippen LogP) is 2.60. The van der Waals surface area contributed by atoms with Crippen LogP contribution in [-0.2, 0) is 11.3 Å². The molecule has 0 aromatic carbocycles. The van der Waals surface area contributed by atoms with Crippen LogP contribution < -0.4 is 10.2 Å². The molecule has 0 aliphatic carbocycles. The first-order chi connectivity index (χ1) is 9.13. The molecular formula is C14H25N3OS. The summed E-state index contributed by atoms with van der Waals surface area (Å²) in [7, 11) is 4.16. The Kier molecular flexibility index (Phi) is 5.19. The minimum absolute atomic E-state index is 0.483. The summed E-state index contributed by atoms with van der Waals surface area (Å²) < 4.78 is 5.44. The molecule has 0 spiro atoms. The Morgan fingerprint density at radius 1 is 1.42 bits per heavy atom. The maximum atomic E-state index is 5.44. The Bertz CT molecular complexity index is 399. The largest absolute Gasteiger partial charge is 0.381 e. The molecule has 1 aliphatic heterocycles. The van der Waals surface area contributed by atoms with Gasteiger partial charge in [0.2, 0.25) is 0 Å². The predicted molar refractivity (Wildman–Crippen MR) is 81.2 cm³/mol. The van der Waals surface area contributed by atoms with Crippen molar-refractivity contribution in [1.29, 1.82) is 0 Å². The van der Waals surface area contributed by atoms with Crippen molar-refractivity contribution < 1.29 is 4.74 Å². The Morgan fingerprint density at radius 2 is 2.11 bits per heavy atom. The average molecular weight is 283 g/mol. The summed E-state index contributed by atoms with van der Waals surface area (Å²) in [5.74, 6) is 0.483. The topological polar surface area (TPSA) is 37.4 Å². The zero-order chi connectivity index (χ0) is 13.8. The van der Waals surface area contributed by atoms with Crippen molar-refractivity contribution in [2.75, 3.05) is 32.2 Å². The minimum Gasteiger partial charge on any atom is -0.381 e. The van der Waals surface area contributed by atoms with Crippen LogP contribution in [0.2, 0.25) is 0 Å². The van der Waals surface area contributed by atoms with Gasteiger partial charge >= 0.3 is 0 Å². The van der Waals surface area contributed by atoms with Gasteiger partial charge in [0.25, 0.3) is 0 Å². The van der Waals surface area contributed by atoms with E-state index < -0.39 is 0 Å². The van der Waals surface area contributed by atoms with E-state index in [-0.39, 0.29) is 0 Å². The van der Waals surface area contributed by atoms with E-state index in [9.17, 15) is 0 Å². The fraction of sp³-hybridized carbons (Fsp3) is 0.786. The van der Waals surface area contributed by atoms with Gasteiger partial charge in [0, 0.05) is 37.7 Å². The second-order valence-corrected chi connectivity index (χ2v) is 6.51. The number of anilines is 1. The Balaban J connectivity index is 2.16. The number of nitrogens with one attached hydrogen (secondary N) is 1. The summed E-state index contributed by atoms with van der Waals surface area (Å²) >= 11 is 1.83. The second kappa shape index (κ2) is 6.68. The molecule has 1 fully saturated rings. The summed E-state index contributed by atoms with van der Waals surface area (Å²) in [5.41, 5.74) is 1.24. The van der Waals surface area contributed by atoms with E-state index in [0.717, 1.165) is 37.7 Å². The van der Waals surface area contributed by atoms with Gasteiger partial charge in [-0.25, -0.2) is 4.98 Å². The molecule has 1 N–H and O–H groups in total. The molecular weight excluding hydrogens is 258 g/mol. The molecule has 4 nitrogen and oxygen atoms in total. The highest BCUT2D eigenvalue weighted by Gasteiger charge is 2.23. The molecule has 1 aliphatic rings. The van der Waals surface area contributed by atoms with E-state index in [1.165, 1.54) is 10.6 Å². The number of rotatable bonds is 5. The third kappa shape index (κ3) is 3.46. The zero-order valence-corrected chi connectivity index (χ0v) is 13.2. The van der Waals surface area contributed by atoms with Crippen LogP contribution >= 0.6 is 11.3 Å². The van der Waals surface area contributed by atoms with Gasteiger partial charge in [-0.1, -0.05) is 13.8 Å². The summed E-state index contributed by atoms with van der Waals surface area (Å²) in [6.07, 6.45) is 2.21. The van der Waals surface area contributed by atoms with E-state index in [4.69, 9.17) is 9.72 Å². The number of hydrogen-bond donors (Lipinski definition) is 1. The highest BCUT2D eigenvalue weighted by atomic mass is 32.1. The third-order valence-electron chi connectivity index (χ3n) is 3.64. The summed E-state index contributed by atoms with van der Waals surface area (Å²) in [6.45, 7) is 7.09. The first-order valence-corrected chi connectivity index (χ1v) is 7.90. The molecule has 0 bridgehead atoms. The third-order valence-corrected chi connectivity index (χ3v) is 4.80. The summed E-state index contributed by atoms with van der Waals surface area (Å²) in [6, 6.07) is 0.572. The maximum absolute atomic E-state index is 5.44. The highest BCUT2D eigenvalue weighted by molar-refractivity contribution is 7.15. The van der Waals surface area contributed by atoms with Gasteiger partial charge in [-0.2, -0.15) is 0 Å². The molecule has 19 heavy (non-hydrogen) atoms. The van der Waals surface area contributed by atoms with Crippen molar-refractivity contribution in [3.05, 3.63) is 10.6 Å². The first-order valence-electron chi connectivity index (χ1n) is 7.08. The van der Waals surface area contributed by atoms with Crippen molar-refractivity contribution in [3.8, 4) is 0 Å². The maximum Gasteiger partial charge on any atom is 0.185 e. The smallest absolute Gasteiger partial charge is 0.185 e. The lowest BCUT2D eigenvalue weighted by Crippen LogP contribution is -2.36. The van der Waals surface area contributed by atoms with E-state index >= 15 is 0 Å². The van der Waals surface area contributed by atoms with Crippen LogP contribution in [0.3, 0.4) is 0 Å². The number of thiazole rings is 1. The molecule has 108 valence electrons. The highest BCUT2D eigenvalue weighted by Crippen LogP contribution is 2.32. The van der Waals surface area contributed by atoms with Crippen molar-refractivity contribution in [2.24, 2.45) is 0 Å². The van der Waals surface area contributed by atoms with Crippen molar-refractivity contribution >= 4 is 16.5 Å². The Morgan fingerprint density at radius 3 is 2.68 bits per heavy atom. The Hall–Kier alpha value is -0.650. The molecule has 1 aromatic heterocycles. The van der Waals surface area contributed by atoms with Crippen LogP contribution in [-0.4, -0.2) is 38.3 Å². The fourth-order valence-electron chi connectivity index (χ4n) is 2.47. The van der Waals surface area contributed by atoms with Crippen LogP contribution in [0, 0.1) is 0 Å². The quantitative estimate of drug-likeness (QED) is 0.901. The first kappa shape index (κ1) is 14.8. The molecule has 5 heteroatoms. The van der Waals surface area contributed by atoms with Gasteiger partial charge in [0.1, 0.15) is 0 Å². The van der Waals surface area contributed by atoms with Gasteiger partial charge in [0.05, 0.1) is 5.69 Å². The van der Waals surface area contributed by atoms with Crippen molar-refractivity contribution in [3.63, 3.8) is 0 Å². The SMILES string of the molecule is CNCc1sc(N(C)C2CCOCC2)nc1C(C)C. The second-order valence-electron chi connectivity index (χ2n) is 5.44. The number of nitrogens with zero attached hydrogens (tertiary/aromatic N) is 2. The van der Waals surface area contributed by atoms with Gasteiger partial charge < -0.3 is 15.0 Å². The van der Waals surface area contributed by atoms with Gasteiger partial charge in [0.15, 0.2) is 5.13 Å². The molecule has 0 atom stereocenters. The van der Waals surface area contributed by atoms with E-state index in [2.05, 4.69) is 31.1 Å². The lowest BCUT2D eigenvalue weighted by molar-refractivity contribution is 0.0855. The van der Waals surface area contributed by atoms with Crippen LogP contribution in [0.15, 0.2) is 0 Å². The zero-order valence-electron chi connectivity index (χ0n) is 12.4. The number of aromatic nitrogens is 1. The molecule has 2 rings (SSSR count). The molecule has 0 saturated carbocycles. The molecule has 1 saturated heterocycles. The Labute approximate surface area is 120 Å². The average Bonchev–Trinajstić information content (AvgIpc) is 2.83. The van der Waals surface area contributed by atoms with Gasteiger partial charge in [-0.05, 0) is 25.8 Å². The van der Waals surface area contributed by atoms with E-state index in [1.807, 2.05) is 18.4 Å². The van der Waals surface area contributed by atoms with Crippen LogP contribution in [0.25, 0.3) is 0 Å². The molecule has 1 aromatic rings. The van der Waals surface area contributed by atoms with Gasteiger partial charge in [-0.15, -0.1) is 11.3 Å².